The van der Waals surface area contributed by atoms with Crippen LogP contribution in [0.2, 0.25) is 0 Å². The van der Waals surface area contributed by atoms with Gasteiger partial charge in [0.25, 0.3) is 0 Å². The molecule has 334 valence electrons. The van der Waals surface area contributed by atoms with Crippen LogP contribution in [0.5, 0.6) is 0 Å². The molecule has 0 fully saturated rings. The summed E-state index contributed by atoms with van der Waals surface area (Å²) in [5.74, 6) is -0.960. The van der Waals surface area contributed by atoms with Crippen LogP contribution < -0.4 is 0 Å². The number of phosphoric acid groups is 1. The Morgan fingerprint density at radius 1 is 0.552 bits per heavy atom. The van der Waals surface area contributed by atoms with E-state index >= 15 is 0 Å². The van der Waals surface area contributed by atoms with Crippen LogP contribution in [0.4, 0.5) is 0 Å². The molecule has 0 aromatic rings. The van der Waals surface area contributed by atoms with Gasteiger partial charge in [0, 0.05) is 12.8 Å². The standard InChI is InChI=1S/C47H81O10P/c1-3-5-7-9-11-13-15-17-18-19-20-21-22-23-24-25-27-28-30-32-34-36-38-46(50)54-42-45(43-56-58(52,53)55-41-44(49)40-48)57-47(51)39-37-35-33-31-29-26-16-14-12-10-8-6-4-2/h6,8,10-14,16-18,20-21,44-45,48-49H,3-5,7,9,15,19,22-43H2,1-2H3,(H,52,53)/b8-6+,12-10+,13-11+,16-14+,18-17+,21-20+/t44-,45?/m1/s1. The minimum atomic E-state index is -4.63. The average molecular weight is 837 g/mol. The third kappa shape index (κ3) is 41.6. The van der Waals surface area contributed by atoms with E-state index in [1.807, 2.05) is 24.3 Å². The number of hydrogen-bond donors (Lipinski definition) is 3. The van der Waals surface area contributed by atoms with Crippen molar-refractivity contribution in [1.29, 1.82) is 0 Å². The molecule has 0 bridgehead atoms. The summed E-state index contributed by atoms with van der Waals surface area (Å²) in [4.78, 5) is 35.0. The van der Waals surface area contributed by atoms with Gasteiger partial charge in [0.15, 0.2) is 6.10 Å². The zero-order valence-electron chi connectivity index (χ0n) is 36.2. The Kier molecular flexibility index (Phi) is 40.6. The first-order valence-electron chi connectivity index (χ1n) is 22.4. The number of esters is 2. The Bertz CT molecular complexity index is 1190. The SMILES string of the molecule is CC/C=C/C=C/C=C/CCCCCCCC(=O)OC(COC(=O)CCCCCCCCCCC/C=C/C/C=C/C/C=C/CCCCC)COP(=O)(O)OC[C@H](O)CO. The van der Waals surface area contributed by atoms with Crippen molar-refractivity contribution >= 4 is 19.8 Å². The molecule has 58 heavy (non-hydrogen) atoms. The van der Waals surface area contributed by atoms with Gasteiger partial charge < -0.3 is 24.6 Å². The summed E-state index contributed by atoms with van der Waals surface area (Å²) >= 11 is 0. The zero-order valence-corrected chi connectivity index (χ0v) is 37.1. The Hall–Kier alpha value is -2.59. The maximum absolute atomic E-state index is 12.6. The zero-order chi connectivity index (χ0) is 42.6. The van der Waals surface area contributed by atoms with Crippen LogP contribution in [0.1, 0.15) is 174 Å². The number of rotatable bonds is 41. The highest BCUT2D eigenvalue weighted by Gasteiger charge is 2.27. The molecule has 0 rings (SSSR count). The first-order chi connectivity index (χ1) is 28.2. The van der Waals surface area contributed by atoms with E-state index in [4.69, 9.17) is 19.1 Å². The molecule has 2 unspecified atom stereocenters. The molecule has 0 amide bonds. The van der Waals surface area contributed by atoms with E-state index in [0.717, 1.165) is 77.0 Å². The van der Waals surface area contributed by atoms with E-state index in [9.17, 15) is 24.2 Å². The Balaban J connectivity index is 4.25. The predicted molar refractivity (Wildman–Crippen MR) is 237 cm³/mol. The molecule has 0 aromatic heterocycles. The molecule has 0 aromatic carbocycles. The fraction of sp³-hybridized carbons (Fsp3) is 0.702. The van der Waals surface area contributed by atoms with Crippen molar-refractivity contribution in [2.45, 2.75) is 187 Å². The van der Waals surface area contributed by atoms with E-state index in [1.54, 1.807) is 0 Å². The van der Waals surface area contributed by atoms with Crippen molar-refractivity contribution in [2.75, 3.05) is 26.4 Å². The molecular weight excluding hydrogens is 755 g/mol. The lowest BCUT2D eigenvalue weighted by Crippen LogP contribution is -2.29. The number of phosphoric ester groups is 1. The summed E-state index contributed by atoms with van der Waals surface area (Å²) in [6.45, 7) is 2.18. The normalized spacial score (nSPS) is 14.5. The Morgan fingerprint density at radius 2 is 1.02 bits per heavy atom. The largest absolute Gasteiger partial charge is 0.472 e. The van der Waals surface area contributed by atoms with E-state index < -0.39 is 51.8 Å². The number of ether oxygens (including phenoxy) is 2. The van der Waals surface area contributed by atoms with Crippen molar-refractivity contribution in [3.8, 4) is 0 Å². The van der Waals surface area contributed by atoms with Crippen LogP contribution in [0.25, 0.3) is 0 Å². The summed E-state index contributed by atoms with van der Waals surface area (Å²) < 4.78 is 32.7. The second-order valence-electron chi connectivity index (χ2n) is 14.7. The molecule has 0 radical (unpaired) electrons. The van der Waals surface area contributed by atoms with Gasteiger partial charge in [-0.15, -0.1) is 0 Å². The Morgan fingerprint density at radius 3 is 1.57 bits per heavy atom. The van der Waals surface area contributed by atoms with E-state index in [-0.39, 0.29) is 19.4 Å². The minimum Gasteiger partial charge on any atom is -0.462 e. The van der Waals surface area contributed by atoms with Gasteiger partial charge in [-0.2, -0.15) is 0 Å². The van der Waals surface area contributed by atoms with Gasteiger partial charge in [-0.25, -0.2) is 4.57 Å². The van der Waals surface area contributed by atoms with Gasteiger partial charge in [0.2, 0.25) is 0 Å². The van der Waals surface area contributed by atoms with Crippen LogP contribution in [-0.4, -0.2) is 65.7 Å². The third-order valence-corrected chi connectivity index (χ3v) is 10.1. The lowest BCUT2D eigenvalue weighted by molar-refractivity contribution is -0.161. The highest BCUT2D eigenvalue weighted by molar-refractivity contribution is 7.47. The van der Waals surface area contributed by atoms with Crippen LogP contribution in [0, 0.1) is 0 Å². The first-order valence-corrected chi connectivity index (χ1v) is 23.9. The topological polar surface area (TPSA) is 149 Å². The van der Waals surface area contributed by atoms with E-state index in [0.29, 0.717) is 12.8 Å². The number of hydrogen-bond acceptors (Lipinski definition) is 9. The summed E-state index contributed by atoms with van der Waals surface area (Å²) in [5, 5.41) is 18.3. The van der Waals surface area contributed by atoms with Gasteiger partial charge in [-0.1, -0.05) is 164 Å². The van der Waals surface area contributed by atoms with Crippen molar-refractivity contribution < 1.29 is 47.8 Å². The van der Waals surface area contributed by atoms with Gasteiger partial charge >= 0.3 is 19.8 Å². The maximum atomic E-state index is 12.6. The van der Waals surface area contributed by atoms with Gasteiger partial charge in [0.1, 0.15) is 12.7 Å². The monoisotopic (exact) mass is 837 g/mol. The van der Waals surface area contributed by atoms with Crippen LogP contribution in [0.15, 0.2) is 72.9 Å². The number of allylic oxidation sites excluding steroid dienone is 12. The van der Waals surface area contributed by atoms with Gasteiger partial charge in [0.05, 0.1) is 19.8 Å². The fourth-order valence-electron chi connectivity index (χ4n) is 5.71. The number of aliphatic hydroxyl groups is 2. The molecule has 11 heteroatoms. The highest BCUT2D eigenvalue weighted by Crippen LogP contribution is 2.43. The summed E-state index contributed by atoms with van der Waals surface area (Å²) in [6.07, 6.45) is 48.7. The van der Waals surface area contributed by atoms with Crippen molar-refractivity contribution in [2.24, 2.45) is 0 Å². The number of aliphatic hydroxyl groups excluding tert-OH is 2. The lowest BCUT2D eigenvalue weighted by Gasteiger charge is -2.20. The van der Waals surface area contributed by atoms with E-state index in [2.05, 4.69) is 67.0 Å². The summed E-state index contributed by atoms with van der Waals surface area (Å²) in [5.41, 5.74) is 0. The molecule has 0 spiro atoms. The van der Waals surface area contributed by atoms with Gasteiger partial charge in [-0.3, -0.25) is 18.6 Å². The summed E-state index contributed by atoms with van der Waals surface area (Å²) in [7, 11) is -4.63. The molecule has 10 nitrogen and oxygen atoms in total. The average Bonchev–Trinajstić information content (AvgIpc) is 3.21. The van der Waals surface area contributed by atoms with Gasteiger partial charge in [-0.05, 0) is 70.6 Å². The molecule has 0 aliphatic rings. The summed E-state index contributed by atoms with van der Waals surface area (Å²) in [6, 6.07) is 0. The second-order valence-corrected chi connectivity index (χ2v) is 16.2. The predicted octanol–water partition coefficient (Wildman–Crippen LogP) is 12.1. The van der Waals surface area contributed by atoms with Crippen LogP contribution >= 0.6 is 7.82 Å². The third-order valence-electron chi connectivity index (χ3n) is 9.16. The smallest absolute Gasteiger partial charge is 0.462 e. The molecule has 0 aliphatic heterocycles. The maximum Gasteiger partial charge on any atom is 0.472 e. The molecular formula is C47H81O10P. The first kappa shape index (κ1) is 55.4. The molecule has 3 atom stereocenters. The molecule has 0 aliphatic carbocycles. The lowest BCUT2D eigenvalue weighted by atomic mass is 10.1. The molecule has 0 saturated heterocycles. The van der Waals surface area contributed by atoms with Crippen LogP contribution in [0.3, 0.4) is 0 Å². The Labute approximate surface area is 352 Å². The van der Waals surface area contributed by atoms with Crippen molar-refractivity contribution in [3.05, 3.63) is 72.9 Å². The van der Waals surface area contributed by atoms with Crippen molar-refractivity contribution in [3.63, 3.8) is 0 Å². The fourth-order valence-corrected chi connectivity index (χ4v) is 6.49. The molecule has 0 saturated carbocycles. The molecule has 3 N–H and O–H groups in total. The minimum absolute atomic E-state index is 0.156. The second kappa shape index (κ2) is 42.5. The number of carbonyl (C=O) groups is 2. The number of unbranched alkanes of at least 4 members (excludes halogenated alkanes) is 17. The van der Waals surface area contributed by atoms with Crippen molar-refractivity contribution in [1.82, 2.24) is 0 Å². The van der Waals surface area contributed by atoms with E-state index in [1.165, 1.54) is 57.8 Å². The molecule has 0 heterocycles. The quantitative estimate of drug-likeness (QED) is 0.0179. The van der Waals surface area contributed by atoms with Crippen LogP contribution in [-0.2, 0) is 32.7 Å². The highest BCUT2D eigenvalue weighted by atomic mass is 31.2. The number of carbonyl (C=O) groups excluding carboxylic acids is 2.